The van der Waals surface area contributed by atoms with Crippen LogP contribution in [0.1, 0.15) is 47.0 Å². The van der Waals surface area contributed by atoms with Crippen molar-refractivity contribution in [2.24, 2.45) is 0 Å². The molecule has 0 saturated carbocycles. The molecule has 0 rings (SSSR count). The molecule has 0 radical (unpaired) electrons. The van der Waals surface area contributed by atoms with Crippen LogP contribution < -0.4 is 0 Å². The Labute approximate surface area is 102 Å². The molecule has 0 amide bonds. The monoisotopic (exact) mass is 250 g/mol. The molecule has 0 aromatic carbocycles. The Bertz CT molecular complexity index is 139. The van der Waals surface area contributed by atoms with Crippen LogP contribution in [0.15, 0.2) is 0 Å². The number of hydrogen-bond donors (Lipinski definition) is 1. The zero-order chi connectivity index (χ0) is 11.7. The zero-order valence-corrected chi connectivity index (χ0v) is 12.6. The lowest BCUT2D eigenvalue weighted by atomic mass is 10.2. The molecule has 92 valence electrons. The average Bonchev–Trinajstić information content (AvgIpc) is 2.27. The lowest BCUT2D eigenvalue weighted by molar-refractivity contribution is 0.188. The minimum absolute atomic E-state index is 0.412. The third-order valence-corrected chi connectivity index (χ3v) is 6.04. The fourth-order valence-electron chi connectivity index (χ4n) is 1.37. The Morgan fingerprint density at radius 3 is 1.87 bits per heavy atom. The number of thiol groups is 1. The maximum Gasteiger partial charge on any atom is 0.325 e. The summed E-state index contributed by atoms with van der Waals surface area (Å²) in [6.45, 7) is 10.3. The molecule has 0 heterocycles. The van der Waals surface area contributed by atoms with Crippen LogP contribution in [0.25, 0.3) is 0 Å². The third-order valence-electron chi connectivity index (χ3n) is 2.43. The van der Waals surface area contributed by atoms with Crippen molar-refractivity contribution in [1.82, 2.24) is 0 Å². The van der Waals surface area contributed by atoms with Crippen LogP contribution in [0.3, 0.4) is 0 Å². The first-order chi connectivity index (χ1) is 7.17. The van der Waals surface area contributed by atoms with Crippen LogP contribution in [0, 0.1) is 0 Å². The van der Waals surface area contributed by atoms with Crippen molar-refractivity contribution in [3.8, 4) is 0 Å². The van der Waals surface area contributed by atoms with Gasteiger partial charge in [0.05, 0.1) is 0 Å². The zero-order valence-electron chi connectivity index (χ0n) is 10.5. The molecule has 0 spiro atoms. The van der Waals surface area contributed by atoms with Crippen molar-refractivity contribution in [2.45, 2.75) is 57.7 Å². The molecule has 0 saturated heterocycles. The average molecular weight is 250 g/mol. The highest BCUT2D eigenvalue weighted by Gasteiger charge is 2.26. The normalized spacial score (nSPS) is 15.6. The van der Waals surface area contributed by atoms with Crippen molar-refractivity contribution in [3.05, 3.63) is 0 Å². The maximum atomic E-state index is 5.85. The van der Waals surface area contributed by atoms with Gasteiger partial charge >= 0.3 is 9.28 Å². The quantitative estimate of drug-likeness (QED) is 0.500. The van der Waals surface area contributed by atoms with E-state index in [2.05, 4.69) is 40.3 Å². The Morgan fingerprint density at radius 1 is 1.07 bits per heavy atom. The second-order valence-electron chi connectivity index (χ2n) is 3.94. The highest BCUT2D eigenvalue weighted by Crippen LogP contribution is 2.24. The molecule has 0 aromatic heterocycles. The van der Waals surface area contributed by atoms with Gasteiger partial charge in [-0.25, -0.2) is 0 Å². The standard InChI is InChI=1S/C11H26O2SSi/c1-5-8-12-15(13-9-6-2)10(4)11(14)7-3/h10-11,14-15H,5-9H2,1-4H3. The summed E-state index contributed by atoms with van der Waals surface area (Å²) >= 11 is 4.58. The summed E-state index contributed by atoms with van der Waals surface area (Å²) < 4.78 is 11.7. The fraction of sp³-hybridized carbons (Fsp3) is 1.00. The SMILES string of the molecule is CCCO[SiH](OCCC)C(C)C(S)CC. The van der Waals surface area contributed by atoms with Gasteiger partial charge < -0.3 is 8.85 Å². The van der Waals surface area contributed by atoms with Gasteiger partial charge in [0.15, 0.2) is 0 Å². The molecule has 0 aromatic rings. The molecule has 2 nitrogen and oxygen atoms in total. The second kappa shape index (κ2) is 9.69. The van der Waals surface area contributed by atoms with Crippen LogP contribution in [0.5, 0.6) is 0 Å². The van der Waals surface area contributed by atoms with Gasteiger partial charge in [0.1, 0.15) is 0 Å². The smallest absolute Gasteiger partial charge is 0.325 e. The van der Waals surface area contributed by atoms with Gasteiger partial charge in [-0.05, 0) is 19.3 Å². The number of rotatable bonds is 9. The van der Waals surface area contributed by atoms with E-state index in [1.54, 1.807) is 0 Å². The molecule has 4 heteroatoms. The Hall–Kier alpha value is 0.487. The molecule has 0 fully saturated rings. The topological polar surface area (TPSA) is 18.5 Å². The minimum atomic E-state index is -1.52. The van der Waals surface area contributed by atoms with Gasteiger partial charge in [0.2, 0.25) is 0 Å². The van der Waals surface area contributed by atoms with Gasteiger partial charge in [-0.2, -0.15) is 12.6 Å². The van der Waals surface area contributed by atoms with E-state index in [4.69, 9.17) is 8.85 Å². The first-order valence-corrected chi connectivity index (χ1v) is 8.21. The van der Waals surface area contributed by atoms with E-state index in [-0.39, 0.29) is 0 Å². The molecule has 0 bridgehead atoms. The molecule has 0 aliphatic heterocycles. The van der Waals surface area contributed by atoms with Gasteiger partial charge in [0.25, 0.3) is 0 Å². The van der Waals surface area contributed by atoms with E-state index in [1.165, 1.54) is 0 Å². The predicted molar refractivity (Wildman–Crippen MR) is 72.1 cm³/mol. The first-order valence-electron chi connectivity index (χ1n) is 6.08. The molecule has 2 atom stereocenters. The van der Waals surface area contributed by atoms with E-state index in [0.29, 0.717) is 10.8 Å². The van der Waals surface area contributed by atoms with Gasteiger partial charge in [-0.15, -0.1) is 0 Å². The predicted octanol–water partition coefficient (Wildman–Crippen LogP) is 3.16. The fourth-order valence-corrected chi connectivity index (χ4v) is 4.07. The molecule has 0 aliphatic rings. The first kappa shape index (κ1) is 15.5. The maximum absolute atomic E-state index is 5.85. The van der Waals surface area contributed by atoms with E-state index in [9.17, 15) is 0 Å². The van der Waals surface area contributed by atoms with Crippen LogP contribution in [0.4, 0.5) is 0 Å². The molecular weight excluding hydrogens is 224 g/mol. The van der Waals surface area contributed by atoms with E-state index in [1.807, 2.05) is 0 Å². The summed E-state index contributed by atoms with van der Waals surface area (Å²) in [7, 11) is -1.52. The van der Waals surface area contributed by atoms with Gasteiger partial charge in [0, 0.05) is 24.0 Å². The van der Waals surface area contributed by atoms with E-state index >= 15 is 0 Å². The highest BCUT2D eigenvalue weighted by atomic mass is 32.1. The molecule has 0 N–H and O–H groups in total. The molecule has 2 unspecified atom stereocenters. The van der Waals surface area contributed by atoms with Gasteiger partial charge in [-0.3, -0.25) is 0 Å². The summed E-state index contributed by atoms with van der Waals surface area (Å²) in [5, 5.41) is 0.412. The summed E-state index contributed by atoms with van der Waals surface area (Å²) in [5.74, 6) is 0. The molecule has 0 aliphatic carbocycles. The van der Waals surface area contributed by atoms with Crippen LogP contribution in [-0.4, -0.2) is 27.7 Å². The Balaban J connectivity index is 4.06. The van der Waals surface area contributed by atoms with Crippen LogP contribution in [-0.2, 0) is 8.85 Å². The van der Waals surface area contributed by atoms with E-state index < -0.39 is 9.28 Å². The summed E-state index contributed by atoms with van der Waals surface area (Å²) in [6, 6.07) is 0. The van der Waals surface area contributed by atoms with Crippen LogP contribution in [0.2, 0.25) is 5.54 Å². The third kappa shape index (κ3) is 6.61. The van der Waals surface area contributed by atoms with E-state index in [0.717, 1.165) is 32.5 Å². The summed E-state index contributed by atoms with van der Waals surface area (Å²) in [6.07, 6.45) is 3.21. The largest absolute Gasteiger partial charge is 0.396 e. The number of hydrogen-bond acceptors (Lipinski definition) is 3. The van der Waals surface area contributed by atoms with Gasteiger partial charge in [-0.1, -0.05) is 27.7 Å². The van der Waals surface area contributed by atoms with Crippen molar-refractivity contribution >= 4 is 21.9 Å². The Morgan fingerprint density at radius 2 is 1.53 bits per heavy atom. The summed E-state index contributed by atoms with van der Waals surface area (Å²) in [4.78, 5) is 0. The lowest BCUT2D eigenvalue weighted by Crippen LogP contribution is -2.32. The Kier molecular flexibility index (Phi) is 10.0. The minimum Gasteiger partial charge on any atom is -0.396 e. The summed E-state index contributed by atoms with van der Waals surface area (Å²) in [5.41, 5.74) is 0.483. The highest BCUT2D eigenvalue weighted by molar-refractivity contribution is 7.81. The van der Waals surface area contributed by atoms with Crippen molar-refractivity contribution in [1.29, 1.82) is 0 Å². The van der Waals surface area contributed by atoms with Crippen molar-refractivity contribution < 1.29 is 8.85 Å². The molecule has 15 heavy (non-hydrogen) atoms. The lowest BCUT2D eigenvalue weighted by Gasteiger charge is -2.25. The van der Waals surface area contributed by atoms with Crippen LogP contribution >= 0.6 is 12.6 Å². The van der Waals surface area contributed by atoms with Crippen molar-refractivity contribution in [2.75, 3.05) is 13.2 Å². The molecular formula is C11H26O2SSi. The second-order valence-corrected chi connectivity index (χ2v) is 7.06. The van der Waals surface area contributed by atoms with Crippen molar-refractivity contribution in [3.63, 3.8) is 0 Å².